The minimum atomic E-state index is 0.866. The van der Waals surface area contributed by atoms with Crippen LogP contribution >= 0.6 is 0 Å². The van der Waals surface area contributed by atoms with Gasteiger partial charge in [0, 0.05) is 22.2 Å². The summed E-state index contributed by atoms with van der Waals surface area (Å²) >= 11 is 0. The molecule has 0 aliphatic rings. The molecule has 254 valence electrons. The standard InChI is InChI=1S/C52H35NO/c1-3-17-37(18-4-1)43-24-9-10-25-44(43)40-22-15-23-42(35-40)53(48-28-13-11-26-45(48)41-31-30-36-16-7-8-21-39(36)34-41)49-33-32-46(38-19-5-2-6-20-38)52-51(49)47-27-12-14-29-50(47)54-52/h1-35H. The normalized spacial score (nSPS) is 11.3. The summed E-state index contributed by atoms with van der Waals surface area (Å²) in [6, 6.07) is 75.8. The van der Waals surface area contributed by atoms with E-state index in [2.05, 4.69) is 211 Å². The van der Waals surface area contributed by atoms with Gasteiger partial charge >= 0.3 is 0 Å². The quantitative estimate of drug-likeness (QED) is 0.166. The van der Waals surface area contributed by atoms with Crippen LogP contribution < -0.4 is 4.90 Å². The zero-order chi connectivity index (χ0) is 35.8. The molecule has 1 heterocycles. The van der Waals surface area contributed by atoms with E-state index in [1.807, 2.05) is 6.07 Å². The molecule has 0 atom stereocenters. The first-order valence-corrected chi connectivity index (χ1v) is 18.4. The first-order chi connectivity index (χ1) is 26.8. The molecule has 10 rings (SSSR count). The van der Waals surface area contributed by atoms with E-state index in [1.165, 1.54) is 27.5 Å². The summed E-state index contributed by atoms with van der Waals surface area (Å²) in [4.78, 5) is 2.43. The van der Waals surface area contributed by atoms with Gasteiger partial charge in [0.05, 0.1) is 16.8 Å². The Kier molecular flexibility index (Phi) is 7.85. The molecule has 2 nitrogen and oxygen atoms in total. The number of furan rings is 1. The zero-order valence-electron chi connectivity index (χ0n) is 29.6. The largest absolute Gasteiger partial charge is 0.455 e. The molecule has 54 heavy (non-hydrogen) atoms. The van der Waals surface area contributed by atoms with E-state index in [1.54, 1.807) is 0 Å². The third kappa shape index (κ3) is 5.53. The monoisotopic (exact) mass is 689 g/mol. The maximum absolute atomic E-state index is 6.79. The van der Waals surface area contributed by atoms with E-state index in [4.69, 9.17) is 4.42 Å². The second-order valence-corrected chi connectivity index (χ2v) is 13.7. The van der Waals surface area contributed by atoms with Gasteiger partial charge in [-0.05, 0) is 86.6 Å². The lowest BCUT2D eigenvalue weighted by Gasteiger charge is -2.29. The highest BCUT2D eigenvalue weighted by Gasteiger charge is 2.24. The van der Waals surface area contributed by atoms with Crippen LogP contribution in [0.4, 0.5) is 17.1 Å². The van der Waals surface area contributed by atoms with Gasteiger partial charge in [-0.2, -0.15) is 0 Å². The molecule has 2 heteroatoms. The number of hydrogen-bond acceptors (Lipinski definition) is 2. The Bertz CT molecular complexity index is 2940. The smallest absolute Gasteiger partial charge is 0.145 e. The average Bonchev–Trinajstić information content (AvgIpc) is 3.65. The Morgan fingerprint density at radius 2 is 0.926 bits per heavy atom. The van der Waals surface area contributed by atoms with Crippen LogP contribution in [0.2, 0.25) is 0 Å². The van der Waals surface area contributed by atoms with Crippen molar-refractivity contribution in [3.63, 3.8) is 0 Å². The number of hydrogen-bond donors (Lipinski definition) is 0. The number of benzene rings is 9. The van der Waals surface area contributed by atoms with Gasteiger partial charge in [-0.1, -0.05) is 170 Å². The molecule has 9 aromatic carbocycles. The van der Waals surface area contributed by atoms with Gasteiger partial charge in [-0.15, -0.1) is 0 Å². The van der Waals surface area contributed by atoms with E-state index in [9.17, 15) is 0 Å². The molecule has 0 radical (unpaired) electrons. The molecule has 0 spiro atoms. The molecule has 0 saturated carbocycles. The Morgan fingerprint density at radius 3 is 1.72 bits per heavy atom. The number of nitrogens with zero attached hydrogens (tertiary/aromatic N) is 1. The zero-order valence-corrected chi connectivity index (χ0v) is 29.6. The topological polar surface area (TPSA) is 16.4 Å². The summed E-state index contributed by atoms with van der Waals surface area (Å²) in [6.07, 6.45) is 0. The van der Waals surface area contributed by atoms with Crippen molar-refractivity contribution in [1.29, 1.82) is 0 Å². The molecule has 0 N–H and O–H groups in total. The number of anilines is 3. The van der Waals surface area contributed by atoms with E-state index in [0.29, 0.717) is 0 Å². The van der Waals surface area contributed by atoms with E-state index < -0.39 is 0 Å². The summed E-state index contributed by atoms with van der Waals surface area (Å²) in [5, 5.41) is 4.60. The Hall–Kier alpha value is -7.16. The van der Waals surface area contributed by atoms with Gasteiger partial charge in [0.25, 0.3) is 0 Å². The molecular formula is C52H35NO. The molecule has 0 aliphatic heterocycles. The SMILES string of the molecule is c1ccc(-c2ccccc2-c2cccc(N(c3ccccc3-c3ccc4ccccc4c3)c3ccc(-c4ccccc4)c4oc5ccccc5c34)c2)cc1. The van der Waals surface area contributed by atoms with Crippen molar-refractivity contribution in [2.45, 2.75) is 0 Å². The average molecular weight is 690 g/mol. The highest BCUT2D eigenvalue weighted by molar-refractivity contribution is 6.17. The Labute approximate surface area is 314 Å². The summed E-state index contributed by atoms with van der Waals surface area (Å²) in [5.74, 6) is 0. The first kappa shape index (κ1) is 31.6. The fourth-order valence-corrected chi connectivity index (χ4v) is 7.94. The van der Waals surface area contributed by atoms with Crippen molar-refractivity contribution in [2.75, 3.05) is 4.90 Å². The van der Waals surface area contributed by atoms with Gasteiger partial charge < -0.3 is 9.32 Å². The number of fused-ring (bicyclic) bond motifs is 4. The van der Waals surface area contributed by atoms with Crippen LogP contribution in [-0.4, -0.2) is 0 Å². The summed E-state index contributed by atoms with van der Waals surface area (Å²) < 4.78 is 6.79. The highest BCUT2D eigenvalue weighted by atomic mass is 16.3. The number of para-hydroxylation sites is 2. The Morgan fingerprint density at radius 1 is 0.333 bits per heavy atom. The molecule has 0 bridgehead atoms. The van der Waals surface area contributed by atoms with Gasteiger partial charge in [0.15, 0.2) is 0 Å². The first-order valence-electron chi connectivity index (χ1n) is 18.4. The van der Waals surface area contributed by atoms with Crippen LogP contribution in [0, 0.1) is 0 Å². The van der Waals surface area contributed by atoms with Crippen molar-refractivity contribution < 1.29 is 4.42 Å². The van der Waals surface area contributed by atoms with Gasteiger partial charge in [0.2, 0.25) is 0 Å². The predicted octanol–water partition coefficient (Wildman–Crippen LogP) is 14.9. The maximum atomic E-state index is 6.79. The second-order valence-electron chi connectivity index (χ2n) is 13.7. The summed E-state index contributed by atoms with van der Waals surface area (Å²) in [5.41, 5.74) is 14.2. The molecular weight excluding hydrogens is 655 g/mol. The van der Waals surface area contributed by atoms with Crippen LogP contribution in [0.15, 0.2) is 217 Å². The lowest BCUT2D eigenvalue weighted by atomic mass is 9.93. The van der Waals surface area contributed by atoms with Crippen LogP contribution in [0.1, 0.15) is 0 Å². The third-order valence-electron chi connectivity index (χ3n) is 10.5. The van der Waals surface area contributed by atoms with E-state index in [0.717, 1.165) is 66.8 Å². The van der Waals surface area contributed by atoms with Crippen LogP contribution in [0.3, 0.4) is 0 Å². The van der Waals surface area contributed by atoms with E-state index in [-0.39, 0.29) is 0 Å². The van der Waals surface area contributed by atoms with Crippen molar-refractivity contribution in [3.05, 3.63) is 212 Å². The predicted molar refractivity (Wildman–Crippen MR) is 228 cm³/mol. The van der Waals surface area contributed by atoms with Gasteiger partial charge in [-0.25, -0.2) is 0 Å². The number of rotatable bonds is 7. The molecule has 0 aliphatic carbocycles. The van der Waals surface area contributed by atoms with Crippen molar-refractivity contribution in [3.8, 4) is 44.5 Å². The van der Waals surface area contributed by atoms with Crippen molar-refractivity contribution in [1.82, 2.24) is 0 Å². The lowest BCUT2D eigenvalue weighted by molar-refractivity contribution is 0.670. The molecule has 1 aromatic heterocycles. The fraction of sp³-hybridized carbons (Fsp3) is 0. The van der Waals surface area contributed by atoms with Crippen LogP contribution in [-0.2, 0) is 0 Å². The molecule has 0 unspecified atom stereocenters. The van der Waals surface area contributed by atoms with E-state index >= 15 is 0 Å². The third-order valence-corrected chi connectivity index (χ3v) is 10.5. The fourth-order valence-electron chi connectivity index (χ4n) is 7.94. The second kappa shape index (κ2) is 13.4. The molecule has 0 fully saturated rings. The lowest BCUT2D eigenvalue weighted by Crippen LogP contribution is -2.12. The minimum absolute atomic E-state index is 0.866. The van der Waals surface area contributed by atoms with Crippen LogP contribution in [0.25, 0.3) is 77.2 Å². The maximum Gasteiger partial charge on any atom is 0.145 e. The minimum Gasteiger partial charge on any atom is -0.455 e. The summed E-state index contributed by atoms with van der Waals surface area (Å²) in [6.45, 7) is 0. The van der Waals surface area contributed by atoms with Crippen molar-refractivity contribution >= 4 is 49.8 Å². The Balaban J connectivity index is 1.25. The molecule has 10 aromatic rings. The van der Waals surface area contributed by atoms with Crippen LogP contribution in [0.5, 0.6) is 0 Å². The summed E-state index contributed by atoms with van der Waals surface area (Å²) in [7, 11) is 0. The van der Waals surface area contributed by atoms with Gasteiger partial charge in [-0.3, -0.25) is 0 Å². The van der Waals surface area contributed by atoms with Crippen molar-refractivity contribution in [2.24, 2.45) is 0 Å². The van der Waals surface area contributed by atoms with Gasteiger partial charge in [0.1, 0.15) is 11.2 Å². The molecule has 0 amide bonds. The highest BCUT2D eigenvalue weighted by Crippen LogP contribution is 2.49. The molecule has 0 saturated heterocycles.